The van der Waals surface area contributed by atoms with Gasteiger partial charge in [-0.05, 0) is 49.9 Å². The zero-order chi connectivity index (χ0) is 25.6. The number of hydrogen-bond acceptors (Lipinski definition) is 7. The lowest BCUT2D eigenvalue weighted by molar-refractivity contribution is 0.0159. The van der Waals surface area contributed by atoms with Crippen molar-refractivity contribution in [1.82, 2.24) is 24.6 Å². The maximum absolute atomic E-state index is 9.83. The van der Waals surface area contributed by atoms with Crippen LogP contribution in [-0.4, -0.2) is 68.6 Å². The first kappa shape index (κ1) is 25.0. The lowest BCUT2D eigenvalue weighted by atomic mass is 9.68. The van der Waals surface area contributed by atoms with Crippen LogP contribution in [0.5, 0.6) is 0 Å². The molecular weight excluding hydrogens is 497 g/mol. The molecule has 2 saturated heterocycles. The number of nitrogens with zero attached hydrogens (tertiary/aromatic N) is 7. The number of fused-ring (bicyclic) bond motifs is 1. The minimum Gasteiger partial charge on any atom is -0.392 e. The Bertz CT molecular complexity index is 1360. The van der Waals surface area contributed by atoms with Gasteiger partial charge in [-0.2, -0.15) is 10.4 Å². The van der Waals surface area contributed by atoms with Crippen LogP contribution in [0.4, 0.5) is 5.82 Å². The molecule has 10 heteroatoms. The number of likely N-dealkylation sites (tertiary alicyclic amines) is 1. The molecule has 0 spiro atoms. The summed E-state index contributed by atoms with van der Waals surface area (Å²) in [6.45, 7) is 12.9. The normalized spacial score (nSPS) is 21.8. The quantitative estimate of drug-likeness (QED) is 0.508. The van der Waals surface area contributed by atoms with Crippen molar-refractivity contribution in [2.45, 2.75) is 32.8 Å². The van der Waals surface area contributed by atoms with Gasteiger partial charge in [0, 0.05) is 42.7 Å². The minimum atomic E-state index is -0.312. The topological polar surface area (TPSA) is 94.1 Å². The second-order valence-electron chi connectivity index (χ2n) is 10.3. The Kier molecular flexibility index (Phi) is 6.69. The van der Waals surface area contributed by atoms with Crippen LogP contribution in [0.25, 0.3) is 16.9 Å². The molecule has 1 aromatic carbocycles. The summed E-state index contributed by atoms with van der Waals surface area (Å²) in [5.41, 5.74) is 2.43. The van der Waals surface area contributed by atoms with Gasteiger partial charge in [-0.3, -0.25) is 0 Å². The zero-order valence-corrected chi connectivity index (χ0v) is 22.0. The highest BCUT2D eigenvalue weighted by molar-refractivity contribution is 6.35. The van der Waals surface area contributed by atoms with Gasteiger partial charge >= 0.3 is 0 Å². The van der Waals surface area contributed by atoms with Crippen molar-refractivity contribution in [2.75, 3.05) is 37.6 Å². The van der Waals surface area contributed by atoms with E-state index in [-0.39, 0.29) is 17.2 Å². The monoisotopic (exact) mass is 525 g/mol. The van der Waals surface area contributed by atoms with Gasteiger partial charge in [0.15, 0.2) is 11.3 Å². The van der Waals surface area contributed by atoms with Crippen molar-refractivity contribution in [2.24, 2.45) is 11.3 Å². The van der Waals surface area contributed by atoms with Crippen molar-refractivity contribution >= 4 is 45.9 Å². The number of aromatic nitrogens is 4. The molecule has 0 aliphatic carbocycles. The van der Waals surface area contributed by atoms with Crippen LogP contribution in [0.3, 0.4) is 0 Å². The molecule has 188 valence electrons. The van der Waals surface area contributed by atoms with Gasteiger partial charge in [0.05, 0.1) is 23.0 Å². The molecule has 5 rings (SSSR count). The molecule has 0 bridgehead atoms. The van der Waals surface area contributed by atoms with Crippen molar-refractivity contribution < 1.29 is 5.11 Å². The van der Waals surface area contributed by atoms with Crippen molar-refractivity contribution in [3.8, 4) is 6.07 Å². The maximum atomic E-state index is 9.83. The lowest BCUT2D eigenvalue weighted by Crippen LogP contribution is -2.59. The highest BCUT2D eigenvalue weighted by Crippen LogP contribution is 2.43. The molecule has 2 atom stereocenters. The van der Waals surface area contributed by atoms with E-state index >= 15 is 0 Å². The molecule has 0 radical (unpaired) electrons. The van der Waals surface area contributed by atoms with E-state index in [0.717, 1.165) is 45.0 Å². The van der Waals surface area contributed by atoms with Gasteiger partial charge in [0.2, 0.25) is 0 Å². The molecule has 36 heavy (non-hydrogen) atoms. The third kappa shape index (κ3) is 4.57. The summed E-state index contributed by atoms with van der Waals surface area (Å²) >= 11 is 12.5. The average molecular weight is 526 g/mol. The van der Waals surface area contributed by atoms with Crippen LogP contribution in [0.1, 0.15) is 37.9 Å². The number of rotatable bonds is 6. The number of anilines is 1. The summed E-state index contributed by atoms with van der Waals surface area (Å²) < 4.78 is 1.53. The van der Waals surface area contributed by atoms with E-state index < -0.39 is 0 Å². The van der Waals surface area contributed by atoms with E-state index in [4.69, 9.17) is 28.2 Å². The molecule has 2 aliphatic heterocycles. The molecule has 2 fully saturated rings. The smallest absolute Gasteiger partial charge is 0.190 e. The predicted octanol–water partition coefficient (Wildman–Crippen LogP) is 4.44. The maximum Gasteiger partial charge on any atom is 0.190 e. The van der Waals surface area contributed by atoms with Crippen molar-refractivity contribution in [1.29, 1.82) is 5.26 Å². The second kappa shape index (κ2) is 9.64. The standard InChI is InChI=1S/C26H29Cl2N7O/c1-16(36)12-33-8-4-7-26(3,15-33)18-13-34(14-18)23-11-30-24-22(10-29)32-35(25(24)31-23)17(2)20-6-5-19(27)9-21(20)28/h5-6,9,11,16,18,36H,2,4,7-8,12-15H2,1,3H3/t16-,26+/m0/s1. The first-order valence-electron chi connectivity index (χ1n) is 12.1. The summed E-state index contributed by atoms with van der Waals surface area (Å²) in [7, 11) is 0. The minimum absolute atomic E-state index is 0.185. The van der Waals surface area contributed by atoms with Gasteiger partial charge in [0.25, 0.3) is 0 Å². The average Bonchev–Trinajstić information content (AvgIpc) is 3.15. The molecule has 3 aromatic rings. The van der Waals surface area contributed by atoms with Crippen molar-refractivity contribution in [3.63, 3.8) is 0 Å². The molecule has 4 heterocycles. The Balaban J connectivity index is 1.39. The lowest BCUT2D eigenvalue weighted by Gasteiger charge is -2.53. The van der Waals surface area contributed by atoms with E-state index in [9.17, 15) is 10.4 Å². The largest absolute Gasteiger partial charge is 0.392 e. The van der Waals surface area contributed by atoms with Gasteiger partial charge in [-0.1, -0.05) is 36.7 Å². The molecule has 8 nitrogen and oxygen atoms in total. The third-order valence-electron chi connectivity index (χ3n) is 7.49. The molecule has 2 aromatic heterocycles. The van der Waals surface area contributed by atoms with Crippen LogP contribution in [0, 0.1) is 22.7 Å². The number of aliphatic hydroxyl groups is 1. The molecule has 1 N–H and O–H groups in total. The predicted molar refractivity (Wildman–Crippen MR) is 142 cm³/mol. The molecule has 0 unspecified atom stereocenters. The van der Waals surface area contributed by atoms with E-state index in [0.29, 0.717) is 38.4 Å². The highest BCUT2D eigenvalue weighted by atomic mass is 35.5. The Morgan fingerprint density at radius 3 is 2.83 bits per heavy atom. The highest BCUT2D eigenvalue weighted by Gasteiger charge is 2.44. The molecule has 0 amide bonds. The summed E-state index contributed by atoms with van der Waals surface area (Å²) in [5.74, 6) is 1.29. The SMILES string of the molecule is C=C(c1ccc(Cl)cc1Cl)n1nc(C#N)c2ncc(N3CC([C@]4(C)CCCN(C[C@H](C)O)C4)C3)nc21. The first-order chi connectivity index (χ1) is 17.2. The Morgan fingerprint density at radius 2 is 2.14 bits per heavy atom. The van der Waals surface area contributed by atoms with Crippen LogP contribution < -0.4 is 4.90 Å². The number of aliphatic hydroxyl groups excluding tert-OH is 1. The summed E-state index contributed by atoms with van der Waals surface area (Å²) in [6, 6.07) is 7.25. The number of piperidine rings is 1. The molecular formula is C26H29Cl2N7O. The summed E-state index contributed by atoms with van der Waals surface area (Å²) in [6.07, 6.45) is 3.74. The van der Waals surface area contributed by atoms with Crippen LogP contribution in [0.2, 0.25) is 10.0 Å². The van der Waals surface area contributed by atoms with E-state index in [1.165, 1.54) is 11.1 Å². The number of β-amino-alcohol motifs (C(OH)–C–C–N with tert-alkyl or cyclic N) is 1. The van der Waals surface area contributed by atoms with Gasteiger partial charge < -0.3 is 14.9 Å². The van der Waals surface area contributed by atoms with E-state index in [1.807, 2.05) is 6.92 Å². The Labute approximate surface area is 220 Å². The Hall–Kier alpha value is -2.70. The fraction of sp³-hybridized carbons (Fsp3) is 0.462. The summed E-state index contributed by atoms with van der Waals surface area (Å²) in [5, 5.41) is 24.8. The van der Waals surface area contributed by atoms with E-state index in [2.05, 4.69) is 39.5 Å². The fourth-order valence-corrected chi connectivity index (χ4v) is 6.00. The molecule has 2 aliphatic rings. The second-order valence-corrected chi connectivity index (χ2v) is 11.1. The number of benzene rings is 1. The third-order valence-corrected chi connectivity index (χ3v) is 8.04. The van der Waals surface area contributed by atoms with Crippen LogP contribution >= 0.6 is 23.2 Å². The number of hydrogen-bond donors (Lipinski definition) is 1. The zero-order valence-electron chi connectivity index (χ0n) is 20.5. The van der Waals surface area contributed by atoms with E-state index in [1.54, 1.807) is 24.4 Å². The summed E-state index contributed by atoms with van der Waals surface area (Å²) in [4.78, 5) is 14.0. The number of nitriles is 1. The van der Waals surface area contributed by atoms with Crippen LogP contribution in [0.15, 0.2) is 31.0 Å². The number of halogens is 2. The fourth-order valence-electron chi connectivity index (χ4n) is 5.48. The van der Waals surface area contributed by atoms with Gasteiger partial charge in [0.1, 0.15) is 17.4 Å². The van der Waals surface area contributed by atoms with Crippen LogP contribution in [-0.2, 0) is 0 Å². The van der Waals surface area contributed by atoms with Gasteiger partial charge in [-0.25, -0.2) is 14.6 Å². The van der Waals surface area contributed by atoms with Crippen molar-refractivity contribution in [3.05, 3.63) is 52.3 Å². The molecule has 0 saturated carbocycles. The first-order valence-corrected chi connectivity index (χ1v) is 12.9. The Morgan fingerprint density at radius 1 is 1.36 bits per heavy atom. The van der Waals surface area contributed by atoms with Gasteiger partial charge in [-0.15, -0.1) is 0 Å².